The third-order valence-electron chi connectivity index (χ3n) is 4.82. The van der Waals surface area contributed by atoms with Gasteiger partial charge in [-0.3, -0.25) is 20.0 Å². The van der Waals surface area contributed by atoms with E-state index in [0.717, 1.165) is 30.4 Å². The molecule has 0 saturated carbocycles. The fraction of sp³-hybridized carbons (Fsp3) is 0.273. The first-order valence-electron chi connectivity index (χ1n) is 10.2. The van der Waals surface area contributed by atoms with Crippen molar-refractivity contribution in [2.45, 2.75) is 31.2 Å². The highest BCUT2D eigenvalue weighted by atomic mass is 79.9. The molecule has 0 spiro atoms. The topological polar surface area (TPSA) is 102 Å². The van der Waals surface area contributed by atoms with Crippen LogP contribution in [0.25, 0.3) is 6.08 Å². The zero-order valence-electron chi connectivity index (χ0n) is 18.7. The summed E-state index contributed by atoms with van der Waals surface area (Å²) in [4.78, 5) is 24.2. The Labute approximate surface area is 219 Å². The van der Waals surface area contributed by atoms with Crippen LogP contribution >= 0.6 is 27.5 Å². The number of nitrogens with one attached hydrogen (secondary N) is 2. The molecule has 2 aromatic carbocycles. The van der Waals surface area contributed by atoms with Gasteiger partial charge < -0.3 is 10.6 Å². The molecule has 0 aromatic heterocycles. The summed E-state index contributed by atoms with van der Waals surface area (Å²) in [5, 5.41) is 21.6. The minimum absolute atomic E-state index is 0.0201. The van der Waals surface area contributed by atoms with Crippen LogP contribution in [0.4, 0.5) is 32.0 Å². The van der Waals surface area contributed by atoms with Crippen molar-refractivity contribution in [2.75, 3.05) is 11.8 Å². The molecule has 15 heteroatoms. The molecule has 2 atom stereocenters. The van der Waals surface area contributed by atoms with Gasteiger partial charge in [0.1, 0.15) is 18.3 Å². The third-order valence-corrected chi connectivity index (χ3v) is 5.80. The van der Waals surface area contributed by atoms with E-state index in [1.54, 1.807) is 5.32 Å². The number of allylic oxidation sites excluding steroid dienone is 1. The number of benzene rings is 2. The third kappa shape index (κ3) is 8.91. The predicted octanol–water partition coefficient (Wildman–Crippen LogP) is 5.84. The zero-order valence-corrected chi connectivity index (χ0v) is 21.0. The molecular formula is C22H19BrClF6N3O4. The number of halogens is 8. The number of carbonyl (C=O) groups is 2. The predicted molar refractivity (Wildman–Crippen MR) is 125 cm³/mol. The number of amides is 2. The summed E-state index contributed by atoms with van der Waals surface area (Å²) in [6.45, 7) is -0.383. The number of hydrogen-bond donors (Lipinski definition) is 4. The molecule has 0 aliphatic carbocycles. The van der Waals surface area contributed by atoms with Crippen LogP contribution in [0.5, 0.6) is 0 Å². The second-order valence-corrected chi connectivity index (χ2v) is 8.91. The molecule has 0 saturated heterocycles. The number of carbonyl (C=O) groups excluding carboxylic acids is 2. The first kappa shape index (κ1) is 30.4. The largest absolute Gasteiger partial charge is 0.405 e. The van der Waals surface area contributed by atoms with Gasteiger partial charge in [0.25, 0.3) is 5.91 Å². The van der Waals surface area contributed by atoms with Crippen molar-refractivity contribution in [3.63, 3.8) is 0 Å². The molecule has 2 amide bonds. The number of hydrogen-bond acceptors (Lipinski definition) is 5. The maximum absolute atomic E-state index is 13.7. The molecule has 0 heterocycles. The van der Waals surface area contributed by atoms with Gasteiger partial charge in [-0.05, 0) is 58.2 Å². The second-order valence-electron chi connectivity index (χ2n) is 7.65. The van der Waals surface area contributed by atoms with Crippen LogP contribution in [0.3, 0.4) is 0 Å². The molecule has 4 N–H and O–H groups in total. The van der Waals surface area contributed by atoms with E-state index in [2.05, 4.69) is 21.2 Å². The minimum Gasteiger partial charge on any atom is -0.345 e. The summed E-state index contributed by atoms with van der Waals surface area (Å²) in [6.07, 6.45) is -7.43. The Morgan fingerprint density at radius 3 is 2.30 bits per heavy atom. The molecule has 0 aliphatic rings. The van der Waals surface area contributed by atoms with E-state index in [9.17, 15) is 35.9 Å². The molecule has 1 unspecified atom stereocenters. The highest BCUT2D eigenvalue weighted by Gasteiger charge is 2.39. The van der Waals surface area contributed by atoms with Gasteiger partial charge in [0.15, 0.2) is 0 Å². The van der Waals surface area contributed by atoms with E-state index in [1.807, 2.05) is 0 Å². The van der Waals surface area contributed by atoms with Crippen LogP contribution in [0.15, 0.2) is 46.9 Å². The summed E-state index contributed by atoms with van der Waals surface area (Å²) in [6, 6.07) is 5.60. The van der Waals surface area contributed by atoms with E-state index >= 15 is 0 Å². The Kier molecular flexibility index (Phi) is 9.99. The molecule has 37 heavy (non-hydrogen) atoms. The van der Waals surface area contributed by atoms with Crippen molar-refractivity contribution in [3.05, 3.63) is 68.7 Å². The van der Waals surface area contributed by atoms with Gasteiger partial charge in [0, 0.05) is 4.47 Å². The normalized spacial score (nSPS) is 13.8. The summed E-state index contributed by atoms with van der Waals surface area (Å²) >= 11 is 8.87. The van der Waals surface area contributed by atoms with E-state index < -0.39 is 53.6 Å². The van der Waals surface area contributed by atoms with Gasteiger partial charge in [-0.25, -0.2) is 0 Å². The number of nitrogens with zero attached hydrogens (tertiary/aromatic N) is 1. The minimum atomic E-state index is -4.75. The van der Waals surface area contributed by atoms with Crippen molar-refractivity contribution < 1.29 is 46.3 Å². The first-order valence-corrected chi connectivity index (χ1v) is 11.3. The zero-order chi connectivity index (χ0) is 28.1. The summed E-state index contributed by atoms with van der Waals surface area (Å²) in [5.41, 5.74) is -0.563. The van der Waals surface area contributed by atoms with Gasteiger partial charge in [-0.15, -0.1) is 5.23 Å². The maximum Gasteiger partial charge on any atom is 0.405 e. The highest BCUT2D eigenvalue weighted by molar-refractivity contribution is 9.10. The lowest BCUT2D eigenvalue weighted by atomic mass is 9.96. The molecule has 0 radical (unpaired) electrons. The van der Waals surface area contributed by atoms with Gasteiger partial charge in [-0.1, -0.05) is 35.9 Å². The second kappa shape index (κ2) is 12.2. The van der Waals surface area contributed by atoms with Crippen molar-refractivity contribution in [1.82, 2.24) is 10.6 Å². The average molecular weight is 619 g/mol. The number of anilines is 1. The lowest BCUT2D eigenvalue weighted by Crippen LogP contribution is -2.47. The van der Waals surface area contributed by atoms with Crippen LogP contribution in [-0.4, -0.2) is 47.2 Å². The van der Waals surface area contributed by atoms with Crippen LogP contribution in [-0.2, 0) is 4.79 Å². The fourth-order valence-electron chi connectivity index (χ4n) is 2.99. The Bertz CT molecular complexity index is 1170. The molecule has 0 fully saturated rings. The molecule has 0 bridgehead atoms. The maximum atomic E-state index is 13.7. The Balaban J connectivity index is 2.20. The summed E-state index contributed by atoms with van der Waals surface area (Å²) < 4.78 is 78.0. The van der Waals surface area contributed by atoms with Crippen LogP contribution < -0.4 is 15.9 Å². The van der Waals surface area contributed by atoms with E-state index in [0.29, 0.717) is 0 Å². The Hall–Kier alpha value is -2.81. The molecule has 202 valence electrons. The van der Waals surface area contributed by atoms with Crippen LogP contribution in [0.1, 0.15) is 34.3 Å². The molecule has 0 aliphatic heterocycles. The Morgan fingerprint density at radius 2 is 1.76 bits per heavy atom. The highest BCUT2D eigenvalue weighted by Crippen LogP contribution is 2.39. The fourth-order valence-corrected chi connectivity index (χ4v) is 3.76. The molecule has 7 nitrogen and oxygen atoms in total. The van der Waals surface area contributed by atoms with Crippen LogP contribution in [0, 0.1) is 0 Å². The molecular weight excluding hydrogens is 600 g/mol. The van der Waals surface area contributed by atoms with E-state index in [4.69, 9.17) is 22.0 Å². The quantitative estimate of drug-likeness (QED) is 0.220. The van der Waals surface area contributed by atoms with Gasteiger partial charge in [0.05, 0.1) is 16.5 Å². The SMILES string of the molecule is C[C@@H](NC(=O)c1ccc(/C=C/C(c2ccc(Cl)c(N(O)O)c2)C(F)(F)F)cc1Br)C(=O)NCC(F)(F)F. The van der Waals surface area contributed by atoms with Gasteiger partial charge in [-0.2, -0.15) is 26.3 Å². The molecule has 2 rings (SSSR count). The molecule has 2 aromatic rings. The van der Waals surface area contributed by atoms with E-state index in [-0.39, 0.29) is 26.2 Å². The number of alkyl halides is 6. The van der Waals surface area contributed by atoms with Crippen molar-refractivity contribution in [1.29, 1.82) is 0 Å². The van der Waals surface area contributed by atoms with Crippen molar-refractivity contribution in [3.8, 4) is 0 Å². The standard InChI is InChI=1S/C22H19BrClF6N3O4/c1-11(19(34)31-10-21(25,26)27)32-20(35)14-5-2-12(8-16(14)23)3-6-15(22(28,29)30)13-4-7-17(24)18(9-13)33(36)37/h2-9,11,15,36-37H,10H2,1H3,(H,31,34)(H,32,35)/b6-3+/t11-,15?/m1/s1. The summed E-state index contributed by atoms with van der Waals surface area (Å²) in [5.74, 6) is -4.02. The summed E-state index contributed by atoms with van der Waals surface area (Å²) in [7, 11) is 0. The van der Waals surface area contributed by atoms with Crippen molar-refractivity contribution in [2.24, 2.45) is 0 Å². The van der Waals surface area contributed by atoms with Crippen molar-refractivity contribution >= 4 is 51.1 Å². The van der Waals surface area contributed by atoms with E-state index in [1.165, 1.54) is 25.1 Å². The number of rotatable bonds is 8. The average Bonchev–Trinajstić information content (AvgIpc) is 2.76. The lowest BCUT2D eigenvalue weighted by Gasteiger charge is -2.19. The Morgan fingerprint density at radius 1 is 1.11 bits per heavy atom. The van der Waals surface area contributed by atoms with Crippen LogP contribution in [0.2, 0.25) is 5.02 Å². The first-order chi connectivity index (χ1) is 17.0. The monoisotopic (exact) mass is 617 g/mol. The van der Waals surface area contributed by atoms with Gasteiger partial charge >= 0.3 is 12.4 Å². The lowest BCUT2D eigenvalue weighted by molar-refractivity contribution is -0.139. The smallest absolute Gasteiger partial charge is 0.345 e. The van der Waals surface area contributed by atoms with Gasteiger partial charge in [0.2, 0.25) is 5.91 Å².